The summed E-state index contributed by atoms with van der Waals surface area (Å²) in [6.45, 7) is 7.09. The van der Waals surface area contributed by atoms with Gasteiger partial charge in [0.05, 0.1) is 43.6 Å². The number of hydrogen-bond acceptors (Lipinski definition) is 9. The van der Waals surface area contributed by atoms with Crippen LogP contribution in [-0.4, -0.2) is 38.0 Å². The molecule has 0 saturated heterocycles. The van der Waals surface area contributed by atoms with Gasteiger partial charge in [-0.2, -0.15) is 0 Å². The minimum Gasteiger partial charge on any atom is -0.493 e. The molecule has 0 aliphatic carbocycles. The standard InChI is InChI=1S/C34H34N2O7S/c1-6-41-27-14-12-24(18-29(27)42-7-2)31-25(33(38)40-5)19-35-34-36(31)32(37)30(44-34)17-22-11-13-26(28(16-22)39-4)43-20-23-10-8-9-21(3)15-23/h8-19,31H,6-7,20H2,1-5H3/b30-17-/t31-/m1/s1. The van der Waals surface area contributed by atoms with E-state index in [-0.39, 0.29) is 11.1 Å². The van der Waals surface area contributed by atoms with Crippen molar-refractivity contribution in [2.75, 3.05) is 27.4 Å². The van der Waals surface area contributed by atoms with Crippen LogP contribution in [0.25, 0.3) is 6.08 Å². The average Bonchev–Trinajstić information content (AvgIpc) is 3.35. The summed E-state index contributed by atoms with van der Waals surface area (Å²) in [7, 11) is 2.88. The van der Waals surface area contributed by atoms with Crippen LogP contribution in [0.15, 0.2) is 82.2 Å². The molecule has 1 aromatic heterocycles. The quantitative estimate of drug-likeness (QED) is 0.226. The second kappa shape index (κ2) is 13.6. The third-order valence-corrected chi connectivity index (χ3v) is 7.97. The second-order valence-electron chi connectivity index (χ2n) is 9.94. The SMILES string of the molecule is CCOc1ccc([C@@H]2C(C(=O)OC)=CN=c3s/c(=C\c4ccc(OCc5cccc(C)c5)c(OC)c4)c(=O)n32)cc1OCC. The van der Waals surface area contributed by atoms with E-state index in [1.165, 1.54) is 29.2 Å². The maximum atomic E-state index is 13.9. The third kappa shape index (κ3) is 6.40. The van der Waals surface area contributed by atoms with Crippen molar-refractivity contribution in [1.29, 1.82) is 0 Å². The second-order valence-corrected chi connectivity index (χ2v) is 10.9. The van der Waals surface area contributed by atoms with E-state index in [9.17, 15) is 9.59 Å². The van der Waals surface area contributed by atoms with Crippen LogP contribution in [0.4, 0.5) is 0 Å². The number of aromatic nitrogens is 1. The molecule has 0 unspecified atom stereocenters. The molecule has 10 heteroatoms. The summed E-state index contributed by atoms with van der Waals surface area (Å²) in [4.78, 5) is 31.7. The molecule has 0 radical (unpaired) electrons. The zero-order chi connectivity index (χ0) is 31.2. The van der Waals surface area contributed by atoms with Gasteiger partial charge in [-0.15, -0.1) is 0 Å². The zero-order valence-electron chi connectivity index (χ0n) is 25.3. The Morgan fingerprint density at radius 3 is 2.41 bits per heavy atom. The van der Waals surface area contributed by atoms with E-state index in [4.69, 9.17) is 23.7 Å². The van der Waals surface area contributed by atoms with Gasteiger partial charge in [0.2, 0.25) is 0 Å². The molecular formula is C34H34N2O7S. The molecule has 0 spiro atoms. The van der Waals surface area contributed by atoms with Gasteiger partial charge in [-0.25, -0.2) is 9.79 Å². The number of fused-ring (bicyclic) bond motifs is 1. The number of benzene rings is 3. The van der Waals surface area contributed by atoms with Crippen molar-refractivity contribution in [3.05, 3.63) is 114 Å². The Hall–Kier alpha value is -4.83. The molecule has 1 aliphatic rings. The Morgan fingerprint density at radius 1 is 0.932 bits per heavy atom. The van der Waals surface area contributed by atoms with E-state index in [2.05, 4.69) is 11.1 Å². The minimum atomic E-state index is -0.775. The molecule has 1 atom stereocenters. The fraction of sp³-hybridized carbons (Fsp3) is 0.265. The Balaban J connectivity index is 1.53. The van der Waals surface area contributed by atoms with Gasteiger partial charge in [-0.05, 0) is 67.8 Å². The predicted molar refractivity (Wildman–Crippen MR) is 168 cm³/mol. The predicted octanol–water partition coefficient (Wildman–Crippen LogP) is 4.71. The molecule has 0 saturated carbocycles. The molecule has 3 aromatic carbocycles. The van der Waals surface area contributed by atoms with Crippen molar-refractivity contribution >= 4 is 23.4 Å². The van der Waals surface area contributed by atoms with Gasteiger partial charge in [-0.1, -0.05) is 53.3 Å². The fourth-order valence-corrected chi connectivity index (χ4v) is 5.96. The van der Waals surface area contributed by atoms with E-state index < -0.39 is 12.0 Å². The number of thiazole rings is 1. The molecule has 1 aliphatic heterocycles. The van der Waals surface area contributed by atoms with Crippen LogP contribution in [0.2, 0.25) is 0 Å². The number of esters is 1. The van der Waals surface area contributed by atoms with Crippen molar-refractivity contribution < 1.29 is 28.5 Å². The number of methoxy groups -OCH3 is 2. The van der Waals surface area contributed by atoms with Crippen LogP contribution in [0.1, 0.15) is 42.1 Å². The Labute approximate surface area is 259 Å². The summed E-state index contributed by atoms with van der Waals surface area (Å²) in [6.07, 6.45) is 3.24. The highest BCUT2D eigenvalue weighted by Crippen LogP contribution is 2.35. The molecule has 0 bridgehead atoms. The highest BCUT2D eigenvalue weighted by atomic mass is 32.1. The normalized spacial score (nSPS) is 14.2. The summed E-state index contributed by atoms with van der Waals surface area (Å²) < 4.78 is 30.2. The van der Waals surface area contributed by atoms with Gasteiger partial charge in [-0.3, -0.25) is 9.36 Å². The van der Waals surface area contributed by atoms with E-state index in [0.29, 0.717) is 57.7 Å². The monoisotopic (exact) mass is 614 g/mol. The lowest BCUT2D eigenvalue weighted by Gasteiger charge is -2.23. The highest BCUT2D eigenvalue weighted by Gasteiger charge is 2.31. The fourth-order valence-electron chi connectivity index (χ4n) is 4.99. The van der Waals surface area contributed by atoms with Crippen LogP contribution in [-0.2, 0) is 16.1 Å². The summed E-state index contributed by atoms with van der Waals surface area (Å²) in [5.41, 5.74) is 3.56. The number of nitrogens with zero attached hydrogens (tertiary/aromatic N) is 2. The summed E-state index contributed by atoms with van der Waals surface area (Å²) in [5, 5.41) is 0. The Kier molecular flexibility index (Phi) is 9.50. The molecule has 0 amide bonds. The van der Waals surface area contributed by atoms with E-state index >= 15 is 0 Å². The first kappa shape index (κ1) is 30.6. The number of hydrogen-bond donors (Lipinski definition) is 0. The first-order valence-electron chi connectivity index (χ1n) is 14.2. The lowest BCUT2D eigenvalue weighted by Crippen LogP contribution is -2.39. The number of carbonyl (C=O) groups is 1. The Bertz CT molecular complexity index is 1890. The van der Waals surface area contributed by atoms with Crippen LogP contribution in [0.3, 0.4) is 0 Å². The topological polar surface area (TPSA) is 97.6 Å². The van der Waals surface area contributed by atoms with Crippen molar-refractivity contribution in [2.45, 2.75) is 33.4 Å². The van der Waals surface area contributed by atoms with Gasteiger partial charge < -0.3 is 23.7 Å². The summed E-state index contributed by atoms with van der Waals surface area (Å²) in [5.74, 6) is 1.66. The maximum absolute atomic E-state index is 13.9. The van der Waals surface area contributed by atoms with Crippen LogP contribution < -0.4 is 33.8 Å². The van der Waals surface area contributed by atoms with Gasteiger partial charge >= 0.3 is 5.97 Å². The molecule has 44 heavy (non-hydrogen) atoms. The number of ether oxygens (including phenoxy) is 5. The molecule has 4 aromatic rings. The maximum Gasteiger partial charge on any atom is 0.337 e. The van der Waals surface area contributed by atoms with Gasteiger partial charge in [0.25, 0.3) is 5.56 Å². The van der Waals surface area contributed by atoms with E-state index in [0.717, 1.165) is 16.7 Å². The van der Waals surface area contributed by atoms with Crippen LogP contribution in [0, 0.1) is 6.92 Å². The van der Waals surface area contributed by atoms with Crippen molar-refractivity contribution in [3.8, 4) is 23.0 Å². The van der Waals surface area contributed by atoms with Gasteiger partial charge in [0.1, 0.15) is 6.61 Å². The largest absolute Gasteiger partial charge is 0.493 e. The van der Waals surface area contributed by atoms with Crippen LogP contribution in [0.5, 0.6) is 23.0 Å². The lowest BCUT2D eigenvalue weighted by molar-refractivity contribution is -0.136. The molecular weight excluding hydrogens is 580 g/mol. The van der Waals surface area contributed by atoms with E-state index in [1.54, 1.807) is 25.3 Å². The molecule has 5 rings (SSSR count). The van der Waals surface area contributed by atoms with Crippen LogP contribution >= 0.6 is 11.3 Å². The molecule has 2 heterocycles. The average molecular weight is 615 g/mol. The molecule has 228 valence electrons. The third-order valence-electron chi connectivity index (χ3n) is 6.97. The first-order valence-corrected chi connectivity index (χ1v) is 15.0. The number of aryl methyl sites for hydroxylation is 1. The minimum absolute atomic E-state index is 0.231. The molecule has 0 fully saturated rings. The van der Waals surface area contributed by atoms with Gasteiger partial charge in [0.15, 0.2) is 27.8 Å². The van der Waals surface area contributed by atoms with Crippen molar-refractivity contribution in [1.82, 2.24) is 4.57 Å². The Morgan fingerprint density at radius 2 is 1.68 bits per heavy atom. The first-order chi connectivity index (χ1) is 21.4. The van der Waals surface area contributed by atoms with Crippen molar-refractivity contribution in [2.24, 2.45) is 4.99 Å². The van der Waals surface area contributed by atoms with Crippen molar-refractivity contribution in [3.63, 3.8) is 0 Å². The number of rotatable bonds is 11. The summed E-state index contributed by atoms with van der Waals surface area (Å²) in [6, 6.07) is 18.2. The summed E-state index contributed by atoms with van der Waals surface area (Å²) >= 11 is 1.23. The van der Waals surface area contributed by atoms with Gasteiger partial charge in [0, 0.05) is 6.20 Å². The smallest absolute Gasteiger partial charge is 0.337 e. The molecule has 9 nitrogen and oxygen atoms in total. The molecule has 0 N–H and O–H groups in total. The zero-order valence-corrected chi connectivity index (χ0v) is 26.1. The highest BCUT2D eigenvalue weighted by molar-refractivity contribution is 7.07. The lowest BCUT2D eigenvalue weighted by atomic mass is 9.97. The number of carbonyl (C=O) groups excluding carboxylic acids is 1. The van der Waals surface area contributed by atoms with E-state index in [1.807, 2.05) is 63.2 Å².